The first kappa shape index (κ1) is 68.6. The molecule has 0 aliphatic rings. The van der Waals surface area contributed by atoms with E-state index in [9.17, 15) is 14.4 Å². The molecule has 0 bridgehead atoms. The van der Waals surface area contributed by atoms with Crippen molar-refractivity contribution in [3.8, 4) is 0 Å². The molecule has 0 rings (SSSR count). The number of rotatable bonds is 58. The SMILES string of the molecule is CCCCCCC/C=C\C/C=C\CCCCCCCCCCCC(=O)OC(COC(=O)CCCCCCCCC)COC(=O)CCCCCCCCCCCCCCC/C=C\CCCCCCCCCC. The summed E-state index contributed by atoms with van der Waals surface area (Å²) >= 11 is 0. The molecule has 1 atom stereocenters. The van der Waals surface area contributed by atoms with Crippen molar-refractivity contribution < 1.29 is 28.6 Å². The van der Waals surface area contributed by atoms with E-state index < -0.39 is 6.10 Å². The minimum Gasteiger partial charge on any atom is -0.462 e. The van der Waals surface area contributed by atoms with Gasteiger partial charge in [-0.3, -0.25) is 14.4 Å². The molecule has 0 fully saturated rings. The molecule has 1 unspecified atom stereocenters. The largest absolute Gasteiger partial charge is 0.462 e. The average molecular weight is 998 g/mol. The van der Waals surface area contributed by atoms with Crippen LogP contribution in [0.4, 0.5) is 0 Å². The summed E-state index contributed by atoms with van der Waals surface area (Å²) in [7, 11) is 0. The molecule has 0 N–H and O–H groups in total. The number of ether oxygens (including phenoxy) is 3. The quantitative estimate of drug-likeness (QED) is 0.0261. The van der Waals surface area contributed by atoms with Gasteiger partial charge in [0, 0.05) is 19.3 Å². The Labute approximate surface area is 442 Å². The van der Waals surface area contributed by atoms with E-state index >= 15 is 0 Å². The van der Waals surface area contributed by atoms with Crippen LogP contribution < -0.4 is 0 Å². The van der Waals surface area contributed by atoms with Crippen LogP contribution in [0.25, 0.3) is 0 Å². The molecule has 0 aliphatic carbocycles. The van der Waals surface area contributed by atoms with Crippen molar-refractivity contribution in [1.82, 2.24) is 0 Å². The molecule has 0 aromatic rings. The third kappa shape index (κ3) is 58.4. The molecule has 0 amide bonds. The van der Waals surface area contributed by atoms with E-state index in [1.807, 2.05) is 0 Å². The number of unbranched alkanes of at least 4 members (excludes halogenated alkanes) is 41. The third-order valence-corrected chi connectivity index (χ3v) is 14.1. The zero-order chi connectivity index (χ0) is 51.4. The minimum atomic E-state index is -0.770. The number of esters is 3. The maximum atomic E-state index is 12.8. The van der Waals surface area contributed by atoms with Gasteiger partial charge in [0.15, 0.2) is 6.10 Å². The first-order valence-corrected chi connectivity index (χ1v) is 31.5. The molecule has 0 spiro atoms. The van der Waals surface area contributed by atoms with Gasteiger partial charge in [0.2, 0.25) is 0 Å². The summed E-state index contributed by atoms with van der Waals surface area (Å²) < 4.78 is 16.8. The third-order valence-electron chi connectivity index (χ3n) is 14.1. The van der Waals surface area contributed by atoms with Crippen LogP contribution in [-0.4, -0.2) is 37.2 Å². The van der Waals surface area contributed by atoms with Gasteiger partial charge in [-0.2, -0.15) is 0 Å². The molecule has 0 radical (unpaired) electrons. The Hall–Kier alpha value is -2.37. The van der Waals surface area contributed by atoms with Crippen LogP contribution in [0.2, 0.25) is 0 Å². The first-order valence-electron chi connectivity index (χ1n) is 31.5. The Morgan fingerprint density at radius 2 is 0.507 bits per heavy atom. The maximum Gasteiger partial charge on any atom is 0.306 e. The van der Waals surface area contributed by atoms with Gasteiger partial charge in [0.1, 0.15) is 13.2 Å². The fourth-order valence-corrected chi connectivity index (χ4v) is 9.35. The van der Waals surface area contributed by atoms with Crippen molar-refractivity contribution in [2.45, 2.75) is 348 Å². The van der Waals surface area contributed by atoms with Crippen molar-refractivity contribution in [1.29, 1.82) is 0 Å². The van der Waals surface area contributed by atoms with Crippen LogP contribution in [0.1, 0.15) is 342 Å². The summed E-state index contributed by atoms with van der Waals surface area (Å²) in [5.41, 5.74) is 0. The lowest BCUT2D eigenvalue weighted by atomic mass is 10.0. The molecule has 6 heteroatoms. The van der Waals surface area contributed by atoms with Gasteiger partial charge >= 0.3 is 17.9 Å². The normalized spacial score (nSPS) is 12.2. The topological polar surface area (TPSA) is 78.9 Å². The summed E-state index contributed by atoms with van der Waals surface area (Å²) in [5.74, 6) is -0.863. The van der Waals surface area contributed by atoms with Gasteiger partial charge in [-0.25, -0.2) is 0 Å². The number of carbonyl (C=O) groups excluding carboxylic acids is 3. The number of hydrogen-bond donors (Lipinski definition) is 0. The summed E-state index contributed by atoms with van der Waals surface area (Å²) in [5, 5.41) is 0. The van der Waals surface area contributed by atoms with Crippen molar-refractivity contribution in [2.75, 3.05) is 13.2 Å². The van der Waals surface area contributed by atoms with E-state index in [1.165, 1.54) is 238 Å². The van der Waals surface area contributed by atoms with E-state index in [4.69, 9.17) is 14.2 Å². The minimum absolute atomic E-state index is 0.0704. The fourth-order valence-electron chi connectivity index (χ4n) is 9.35. The van der Waals surface area contributed by atoms with E-state index in [0.717, 1.165) is 64.2 Å². The molecule has 71 heavy (non-hydrogen) atoms. The highest BCUT2D eigenvalue weighted by atomic mass is 16.6. The molecule has 0 saturated heterocycles. The average Bonchev–Trinajstić information content (AvgIpc) is 3.37. The summed E-state index contributed by atoms with van der Waals surface area (Å²) in [6, 6.07) is 0. The number of allylic oxidation sites excluding steroid dienone is 6. The summed E-state index contributed by atoms with van der Waals surface area (Å²) in [4.78, 5) is 38.0. The molecular weight excluding hydrogens is 877 g/mol. The lowest BCUT2D eigenvalue weighted by Gasteiger charge is -2.18. The molecule has 416 valence electrons. The van der Waals surface area contributed by atoms with Crippen molar-refractivity contribution in [3.05, 3.63) is 36.5 Å². The van der Waals surface area contributed by atoms with Gasteiger partial charge in [0.05, 0.1) is 0 Å². The second-order valence-electron chi connectivity index (χ2n) is 21.3. The molecular formula is C65H120O6. The van der Waals surface area contributed by atoms with E-state index in [-0.39, 0.29) is 31.1 Å². The van der Waals surface area contributed by atoms with Crippen LogP contribution in [-0.2, 0) is 28.6 Å². The molecule has 0 aromatic heterocycles. The number of hydrogen-bond acceptors (Lipinski definition) is 6. The smallest absolute Gasteiger partial charge is 0.306 e. The predicted octanol–water partition coefficient (Wildman–Crippen LogP) is 21.2. The standard InChI is InChI=1S/C65H120O6/c1-4-7-10-13-16-18-20-22-24-26-28-30-31-32-33-35-36-38-40-42-44-46-49-52-55-58-64(67)70-61-62(60-69-63(66)57-54-51-48-15-12-9-6-3)71-65(68)59-56-53-50-47-45-43-41-39-37-34-29-27-25-23-21-19-17-14-11-8-5-2/h21,23,26-29,62H,4-20,22,24-25,30-61H2,1-3H3/b23-21-,28-26-,29-27-. The summed E-state index contributed by atoms with van der Waals surface area (Å²) in [6.45, 7) is 6.63. The fraction of sp³-hybridized carbons (Fsp3) is 0.862. The lowest BCUT2D eigenvalue weighted by molar-refractivity contribution is -0.167. The van der Waals surface area contributed by atoms with E-state index in [1.54, 1.807) is 0 Å². The second-order valence-corrected chi connectivity index (χ2v) is 21.3. The lowest BCUT2D eigenvalue weighted by Crippen LogP contribution is -2.30. The van der Waals surface area contributed by atoms with Crippen LogP contribution in [0, 0.1) is 0 Å². The highest BCUT2D eigenvalue weighted by Gasteiger charge is 2.19. The molecule has 0 saturated carbocycles. The van der Waals surface area contributed by atoms with Crippen LogP contribution in [0.15, 0.2) is 36.5 Å². The van der Waals surface area contributed by atoms with E-state index in [0.29, 0.717) is 19.3 Å². The Kier molecular flexibility index (Phi) is 58.2. The predicted molar refractivity (Wildman–Crippen MR) is 307 cm³/mol. The van der Waals surface area contributed by atoms with Gasteiger partial charge in [-0.1, -0.05) is 282 Å². The Balaban J connectivity index is 4.11. The second kappa shape index (κ2) is 60.2. The molecule has 0 aromatic carbocycles. The first-order chi connectivity index (χ1) is 35.0. The highest BCUT2D eigenvalue weighted by molar-refractivity contribution is 5.71. The van der Waals surface area contributed by atoms with Gasteiger partial charge < -0.3 is 14.2 Å². The zero-order valence-electron chi connectivity index (χ0n) is 47.8. The Bertz CT molecular complexity index is 1190. The van der Waals surface area contributed by atoms with Gasteiger partial charge in [-0.05, 0) is 77.0 Å². The van der Waals surface area contributed by atoms with Crippen LogP contribution >= 0.6 is 0 Å². The highest BCUT2D eigenvalue weighted by Crippen LogP contribution is 2.17. The zero-order valence-corrected chi connectivity index (χ0v) is 47.8. The van der Waals surface area contributed by atoms with Gasteiger partial charge in [-0.15, -0.1) is 0 Å². The number of carbonyl (C=O) groups is 3. The monoisotopic (exact) mass is 997 g/mol. The van der Waals surface area contributed by atoms with Crippen LogP contribution in [0.3, 0.4) is 0 Å². The molecule has 0 aliphatic heterocycles. The molecule has 0 heterocycles. The summed E-state index contributed by atoms with van der Waals surface area (Å²) in [6.07, 6.45) is 73.2. The van der Waals surface area contributed by atoms with Crippen molar-refractivity contribution in [3.63, 3.8) is 0 Å². The van der Waals surface area contributed by atoms with Gasteiger partial charge in [0.25, 0.3) is 0 Å². The van der Waals surface area contributed by atoms with Crippen molar-refractivity contribution >= 4 is 17.9 Å². The Morgan fingerprint density at radius 1 is 0.282 bits per heavy atom. The molecule has 6 nitrogen and oxygen atoms in total. The Morgan fingerprint density at radius 3 is 0.789 bits per heavy atom. The van der Waals surface area contributed by atoms with E-state index in [2.05, 4.69) is 57.2 Å². The van der Waals surface area contributed by atoms with Crippen LogP contribution in [0.5, 0.6) is 0 Å². The maximum absolute atomic E-state index is 12.8. The van der Waals surface area contributed by atoms with Crippen molar-refractivity contribution in [2.24, 2.45) is 0 Å².